The fourth-order valence-electron chi connectivity index (χ4n) is 3.77. The van der Waals surface area contributed by atoms with Gasteiger partial charge in [0.2, 0.25) is 5.91 Å². The lowest BCUT2D eigenvalue weighted by molar-refractivity contribution is -0.114. The lowest BCUT2D eigenvalue weighted by Crippen LogP contribution is -2.38. The van der Waals surface area contributed by atoms with E-state index >= 15 is 0 Å². The molecule has 0 atom stereocenters. The number of nitrogens with one attached hydrogen (secondary N) is 1. The zero-order chi connectivity index (χ0) is 28.7. The Balaban J connectivity index is 2.09. The number of nitrogens with zero attached hydrogens (tertiary/aromatic N) is 1. The molecule has 0 bridgehead atoms. The summed E-state index contributed by atoms with van der Waals surface area (Å²) in [4.78, 5) is 25.7. The molecule has 0 fully saturated rings. The molecule has 0 saturated carbocycles. The van der Waals surface area contributed by atoms with Crippen molar-refractivity contribution < 1.29 is 41.7 Å². The second kappa shape index (κ2) is 12.4. The lowest BCUT2D eigenvalue weighted by Gasteiger charge is -2.25. The molecule has 1 amide bonds. The maximum absolute atomic E-state index is 14.0. The van der Waals surface area contributed by atoms with Gasteiger partial charge in [-0.25, -0.2) is 13.2 Å². The zero-order valence-corrected chi connectivity index (χ0v) is 23.2. The maximum Gasteiger partial charge on any atom is 0.340 e. The molecule has 3 rings (SSSR count). The number of sulfonamides is 1. The van der Waals surface area contributed by atoms with Crippen molar-refractivity contribution in [3.63, 3.8) is 0 Å². The van der Waals surface area contributed by atoms with Crippen LogP contribution in [0, 0.1) is 6.92 Å². The van der Waals surface area contributed by atoms with Gasteiger partial charge in [0.25, 0.3) is 10.0 Å². The molecule has 0 saturated heterocycles. The Morgan fingerprint density at radius 2 is 1.49 bits per heavy atom. The van der Waals surface area contributed by atoms with Crippen LogP contribution in [0.15, 0.2) is 59.5 Å². The number of benzene rings is 3. The molecule has 1 N–H and O–H groups in total. The van der Waals surface area contributed by atoms with Gasteiger partial charge in [-0.3, -0.25) is 9.10 Å². The summed E-state index contributed by atoms with van der Waals surface area (Å²) < 4.78 is 54.8. The van der Waals surface area contributed by atoms with Gasteiger partial charge in [0.1, 0.15) is 22.9 Å². The molecule has 3 aromatic rings. The zero-order valence-electron chi connectivity index (χ0n) is 22.4. The van der Waals surface area contributed by atoms with E-state index in [4.69, 9.17) is 23.7 Å². The molecule has 208 valence electrons. The second-order valence-corrected chi connectivity index (χ2v) is 9.99. The molecule has 3 aromatic carbocycles. The first-order chi connectivity index (χ1) is 18.6. The van der Waals surface area contributed by atoms with Crippen LogP contribution < -0.4 is 28.6 Å². The summed E-state index contributed by atoms with van der Waals surface area (Å²) in [5, 5.41) is 2.60. The Morgan fingerprint density at radius 1 is 0.821 bits per heavy atom. The average molecular weight is 559 g/mol. The number of aryl methyl sites for hydroxylation is 1. The van der Waals surface area contributed by atoms with Crippen molar-refractivity contribution in [1.29, 1.82) is 0 Å². The van der Waals surface area contributed by atoms with Gasteiger partial charge in [-0.1, -0.05) is 12.1 Å². The summed E-state index contributed by atoms with van der Waals surface area (Å²) in [7, 11) is 2.46. The van der Waals surface area contributed by atoms with E-state index in [2.05, 4.69) is 5.32 Å². The Kier molecular flexibility index (Phi) is 9.25. The predicted octanol–water partition coefficient (Wildman–Crippen LogP) is 3.65. The Labute approximate surface area is 227 Å². The van der Waals surface area contributed by atoms with Crippen LogP contribution in [-0.2, 0) is 19.6 Å². The summed E-state index contributed by atoms with van der Waals surface area (Å²) in [6.45, 7) is 1.09. The summed E-state index contributed by atoms with van der Waals surface area (Å²) in [5.41, 5.74) is 0.881. The normalized spacial score (nSPS) is 10.8. The topological polar surface area (TPSA) is 130 Å². The standard InChI is InChI=1S/C27H30N2O9S/c1-17-10-11-22(35-3)25(12-17)39(32,33)29(18-8-7-9-19(13-18)34-2)16-26(30)28-21-15-24(37-5)23(36-4)14-20(21)27(31)38-6/h7-15H,16H2,1-6H3,(H,28,30). The number of hydrogen-bond donors (Lipinski definition) is 1. The van der Waals surface area contributed by atoms with E-state index in [-0.39, 0.29) is 39.1 Å². The Bertz CT molecular complexity index is 1470. The molecule has 0 aromatic heterocycles. The highest BCUT2D eigenvalue weighted by atomic mass is 32.2. The maximum atomic E-state index is 14.0. The van der Waals surface area contributed by atoms with Gasteiger partial charge in [-0.2, -0.15) is 0 Å². The van der Waals surface area contributed by atoms with Crippen LogP contribution in [-0.4, -0.2) is 62.4 Å². The minimum atomic E-state index is -4.33. The number of methoxy groups -OCH3 is 5. The Morgan fingerprint density at radius 3 is 2.10 bits per heavy atom. The monoisotopic (exact) mass is 558 g/mol. The van der Waals surface area contributed by atoms with E-state index in [0.717, 1.165) is 4.31 Å². The van der Waals surface area contributed by atoms with Gasteiger partial charge in [0.05, 0.1) is 52.5 Å². The molecule has 11 nitrogen and oxygen atoms in total. The van der Waals surface area contributed by atoms with Crippen molar-refractivity contribution in [2.45, 2.75) is 11.8 Å². The van der Waals surface area contributed by atoms with E-state index < -0.39 is 28.4 Å². The number of amides is 1. The van der Waals surface area contributed by atoms with E-state index in [1.165, 1.54) is 71.9 Å². The lowest BCUT2D eigenvalue weighted by atomic mass is 10.1. The number of rotatable bonds is 11. The number of hydrogen-bond acceptors (Lipinski definition) is 9. The third-order valence-electron chi connectivity index (χ3n) is 5.72. The van der Waals surface area contributed by atoms with Crippen LogP contribution in [0.5, 0.6) is 23.0 Å². The molecule has 0 unspecified atom stereocenters. The first kappa shape index (κ1) is 29.1. The van der Waals surface area contributed by atoms with Crippen molar-refractivity contribution >= 4 is 33.3 Å². The third kappa shape index (κ3) is 6.34. The van der Waals surface area contributed by atoms with Crippen molar-refractivity contribution in [3.05, 3.63) is 65.7 Å². The molecule has 0 radical (unpaired) electrons. The summed E-state index contributed by atoms with van der Waals surface area (Å²) in [6.07, 6.45) is 0. The van der Waals surface area contributed by atoms with Gasteiger partial charge in [0.15, 0.2) is 11.5 Å². The van der Waals surface area contributed by atoms with E-state index in [0.29, 0.717) is 11.3 Å². The molecular weight excluding hydrogens is 528 g/mol. The molecule has 0 spiro atoms. The summed E-state index contributed by atoms with van der Waals surface area (Å²) >= 11 is 0. The number of carbonyl (C=O) groups excluding carboxylic acids is 2. The van der Waals surface area contributed by atoms with Crippen LogP contribution in [0.3, 0.4) is 0 Å². The van der Waals surface area contributed by atoms with Gasteiger partial charge in [0, 0.05) is 18.2 Å². The summed E-state index contributed by atoms with van der Waals surface area (Å²) in [5.74, 6) is -0.511. The third-order valence-corrected chi connectivity index (χ3v) is 7.51. The fraction of sp³-hybridized carbons (Fsp3) is 0.259. The van der Waals surface area contributed by atoms with Crippen LogP contribution in [0.1, 0.15) is 15.9 Å². The van der Waals surface area contributed by atoms with E-state index in [1.807, 2.05) is 0 Å². The number of carbonyl (C=O) groups is 2. The van der Waals surface area contributed by atoms with E-state index in [9.17, 15) is 18.0 Å². The van der Waals surface area contributed by atoms with Gasteiger partial charge >= 0.3 is 5.97 Å². The number of ether oxygens (including phenoxy) is 5. The molecule has 0 aliphatic rings. The van der Waals surface area contributed by atoms with Gasteiger partial charge in [-0.05, 0) is 36.8 Å². The van der Waals surface area contributed by atoms with Crippen LogP contribution in [0.25, 0.3) is 0 Å². The first-order valence-corrected chi connectivity index (χ1v) is 13.0. The minimum Gasteiger partial charge on any atom is -0.497 e. The van der Waals surface area contributed by atoms with Crippen molar-refractivity contribution in [2.75, 3.05) is 51.7 Å². The largest absolute Gasteiger partial charge is 0.497 e. The van der Waals surface area contributed by atoms with Crippen LogP contribution in [0.2, 0.25) is 0 Å². The highest BCUT2D eigenvalue weighted by molar-refractivity contribution is 7.93. The van der Waals surface area contributed by atoms with Crippen molar-refractivity contribution in [1.82, 2.24) is 0 Å². The molecule has 0 heterocycles. The quantitative estimate of drug-likeness (QED) is 0.351. The number of anilines is 2. The number of esters is 1. The SMILES string of the molecule is COC(=O)c1cc(OC)c(OC)cc1NC(=O)CN(c1cccc(OC)c1)S(=O)(=O)c1cc(C)ccc1OC. The first-order valence-electron chi connectivity index (χ1n) is 11.5. The highest BCUT2D eigenvalue weighted by Gasteiger charge is 2.31. The van der Waals surface area contributed by atoms with Crippen LogP contribution in [0.4, 0.5) is 11.4 Å². The molecule has 0 aliphatic carbocycles. The molecule has 0 aliphatic heterocycles. The van der Waals surface area contributed by atoms with E-state index in [1.54, 1.807) is 25.1 Å². The molecule has 39 heavy (non-hydrogen) atoms. The van der Waals surface area contributed by atoms with Crippen molar-refractivity contribution in [3.8, 4) is 23.0 Å². The summed E-state index contributed by atoms with van der Waals surface area (Å²) in [6, 6.07) is 13.7. The molecule has 12 heteroatoms. The minimum absolute atomic E-state index is 0.0142. The van der Waals surface area contributed by atoms with Gasteiger partial charge < -0.3 is 29.0 Å². The Hall–Kier alpha value is -4.45. The smallest absolute Gasteiger partial charge is 0.340 e. The predicted molar refractivity (Wildman–Crippen MR) is 145 cm³/mol. The molecular formula is C27H30N2O9S. The van der Waals surface area contributed by atoms with Crippen LogP contribution >= 0.6 is 0 Å². The second-order valence-electron chi connectivity index (χ2n) is 8.16. The average Bonchev–Trinajstić information content (AvgIpc) is 2.95. The van der Waals surface area contributed by atoms with Gasteiger partial charge in [-0.15, -0.1) is 0 Å². The highest BCUT2D eigenvalue weighted by Crippen LogP contribution is 2.35. The van der Waals surface area contributed by atoms with Crippen molar-refractivity contribution in [2.24, 2.45) is 0 Å². The fourth-order valence-corrected chi connectivity index (χ4v) is 5.42.